The van der Waals surface area contributed by atoms with E-state index in [9.17, 15) is 5.11 Å². The topological polar surface area (TPSA) is 66.4 Å². The third-order valence-electron chi connectivity index (χ3n) is 2.69. The molecule has 3 N–H and O–H groups in total. The molecule has 1 fully saturated rings. The smallest absolute Gasteiger partial charge is 0.140 e. The summed E-state index contributed by atoms with van der Waals surface area (Å²) in [7, 11) is 1.63. The van der Waals surface area contributed by atoms with E-state index in [2.05, 4.69) is 15.6 Å². The highest BCUT2D eigenvalue weighted by Crippen LogP contribution is 2.26. The Morgan fingerprint density at radius 2 is 2.19 bits per heavy atom. The quantitative estimate of drug-likeness (QED) is 0.697. The number of nitrogens with zero attached hydrogens (tertiary/aromatic N) is 1. The number of methoxy groups -OCH3 is 1. The van der Waals surface area contributed by atoms with E-state index in [-0.39, 0.29) is 11.9 Å². The van der Waals surface area contributed by atoms with Gasteiger partial charge in [0.1, 0.15) is 5.75 Å². The van der Waals surface area contributed by atoms with Crippen molar-refractivity contribution in [2.24, 2.45) is 0 Å². The summed E-state index contributed by atoms with van der Waals surface area (Å²) in [4.78, 5) is 3.97. The van der Waals surface area contributed by atoms with Crippen LogP contribution in [0.5, 0.6) is 5.75 Å². The molecule has 5 heteroatoms. The average molecular weight is 223 g/mol. The van der Waals surface area contributed by atoms with Gasteiger partial charge in [-0.1, -0.05) is 0 Å². The fraction of sp³-hybridized carbons (Fsp3) is 0.545. The molecule has 2 rings (SSSR count). The lowest BCUT2D eigenvalue weighted by molar-refractivity contribution is 0.182. The molecule has 0 bridgehead atoms. The summed E-state index contributed by atoms with van der Waals surface area (Å²) in [5.74, 6) is 0.210. The van der Waals surface area contributed by atoms with Crippen LogP contribution in [0.25, 0.3) is 0 Å². The van der Waals surface area contributed by atoms with Crippen LogP contribution in [0.1, 0.15) is 23.7 Å². The van der Waals surface area contributed by atoms with Crippen molar-refractivity contribution in [1.29, 1.82) is 0 Å². The molecule has 2 heterocycles. The molecule has 0 saturated carbocycles. The molecule has 0 radical (unpaired) electrons. The van der Waals surface area contributed by atoms with E-state index in [4.69, 9.17) is 4.74 Å². The van der Waals surface area contributed by atoms with E-state index in [1.165, 1.54) is 6.20 Å². The van der Waals surface area contributed by atoms with Gasteiger partial charge in [-0.25, -0.2) is 0 Å². The highest BCUT2D eigenvalue weighted by molar-refractivity contribution is 5.38. The zero-order valence-corrected chi connectivity index (χ0v) is 9.36. The summed E-state index contributed by atoms with van der Waals surface area (Å²) in [6, 6.07) is 0. The van der Waals surface area contributed by atoms with Crippen LogP contribution in [-0.2, 0) is 11.3 Å². The van der Waals surface area contributed by atoms with E-state index < -0.39 is 0 Å². The van der Waals surface area contributed by atoms with Gasteiger partial charge < -0.3 is 9.84 Å². The summed E-state index contributed by atoms with van der Waals surface area (Å²) >= 11 is 0. The lowest BCUT2D eigenvalue weighted by Gasteiger charge is -2.27. The Bertz CT molecular complexity index is 351. The first-order valence-electron chi connectivity index (χ1n) is 5.44. The summed E-state index contributed by atoms with van der Waals surface area (Å²) in [5.41, 5.74) is 1.76. The zero-order chi connectivity index (χ0) is 11.4. The minimum absolute atomic E-state index is 0.0121. The van der Waals surface area contributed by atoms with Gasteiger partial charge in [-0.05, 0) is 19.5 Å². The van der Waals surface area contributed by atoms with Crippen molar-refractivity contribution in [2.45, 2.75) is 19.2 Å². The number of pyridine rings is 1. The molecule has 0 aromatic carbocycles. The molecule has 1 aromatic heterocycles. The van der Waals surface area contributed by atoms with Gasteiger partial charge in [0.25, 0.3) is 0 Å². The number of aromatic nitrogens is 1. The van der Waals surface area contributed by atoms with Crippen molar-refractivity contribution in [3.05, 3.63) is 23.5 Å². The second-order valence-electron chi connectivity index (χ2n) is 3.86. The van der Waals surface area contributed by atoms with Crippen LogP contribution < -0.4 is 10.6 Å². The van der Waals surface area contributed by atoms with Gasteiger partial charge in [0.15, 0.2) is 0 Å². The van der Waals surface area contributed by atoms with E-state index in [0.29, 0.717) is 6.61 Å². The van der Waals surface area contributed by atoms with Gasteiger partial charge in [0, 0.05) is 24.4 Å². The molecule has 5 nitrogen and oxygen atoms in total. The standard InChI is InChI=1S/C11H17N3O2/c1-16-7-8-5-12-6-9(15)10(8)11-13-3-2-4-14-11/h5-6,11,13-15H,2-4,7H2,1H3. The summed E-state index contributed by atoms with van der Waals surface area (Å²) in [6.45, 7) is 2.36. The fourth-order valence-corrected chi connectivity index (χ4v) is 1.96. The van der Waals surface area contributed by atoms with Crippen LogP contribution in [-0.4, -0.2) is 30.3 Å². The van der Waals surface area contributed by atoms with Gasteiger partial charge in [-0.3, -0.25) is 15.6 Å². The maximum atomic E-state index is 9.87. The van der Waals surface area contributed by atoms with Gasteiger partial charge in [0.05, 0.1) is 19.0 Å². The van der Waals surface area contributed by atoms with Crippen molar-refractivity contribution >= 4 is 0 Å². The molecular formula is C11H17N3O2. The molecular weight excluding hydrogens is 206 g/mol. The zero-order valence-electron chi connectivity index (χ0n) is 9.36. The monoisotopic (exact) mass is 223 g/mol. The van der Waals surface area contributed by atoms with Gasteiger partial charge >= 0.3 is 0 Å². The van der Waals surface area contributed by atoms with Gasteiger partial charge in [-0.2, -0.15) is 0 Å². The Kier molecular flexibility index (Phi) is 3.71. The molecule has 0 unspecified atom stereocenters. The van der Waals surface area contributed by atoms with Gasteiger partial charge in [-0.15, -0.1) is 0 Å². The Balaban J connectivity index is 2.28. The van der Waals surface area contributed by atoms with Crippen LogP contribution >= 0.6 is 0 Å². The summed E-state index contributed by atoms with van der Waals surface area (Å²) in [6.07, 6.45) is 4.28. The molecule has 0 spiro atoms. The Labute approximate surface area is 94.8 Å². The van der Waals surface area contributed by atoms with E-state index in [1.807, 2.05) is 0 Å². The van der Waals surface area contributed by atoms with Crippen molar-refractivity contribution in [3.8, 4) is 5.75 Å². The fourth-order valence-electron chi connectivity index (χ4n) is 1.96. The first-order valence-corrected chi connectivity index (χ1v) is 5.44. The largest absolute Gasteiger partial charge is 0.506 e. The molecule has 0 amide bonds. The Hall–Kier alpha value is -1.17. The summed E-state index contributed by atoms with van der Waals surface area (Å²) in [5, 5.41) is 16.5. The van der Waals surface area contributed by atoms with Crippen LogP contribution in [0.15, 0.2) is 12.4 Å². The van der Waals surface area contributed by atoms with Crippen molar-refractivity contribution < 1.29 is 9.84 Å². The maximum Gasteiger partial charge on any atom is 0.140 e. The molecule has 1 saturated heterocycles. The first-order chi connectivity index (χ1) is 7.83. The minimum atomic E-state index is -0.0121. The van der Waals surface area contributed by atoms with Crippen LogP contribution in [0, 0.1) is 0 Å². The van der Waals surface area contributed by atoms with E-state index in [1.54, 1.807) is 13.3 Å². The molecule has 0 aliphatic carbocycles. The third kappa shape index (κ3) is 2.32. The predicted molar refractivity (Wildman–Crippen MR) is 60.0 cm³/mol. The average Bonchev–Trinajstić information content (AvgIpc) is 2.31. The van der Waals surface area contributed by atoms with Crippen LogP contribution in [0.3, 0.4) is 0 Å². The van der Waals surface area contributed by atoms with Crippen molar-refractivity contribution in [1.82, 2.24) is 15.6 Å². The number of hydrogen-bond acceptors (Lipinski definition) is 5. The SMILES string of the molecule is COCc1cncc(O)c1C1NCCCN1. The number of rotatable bonds is 3. The maximum absolute atomic E-state index is 9.87. The van der Waals surface area contributed by atoms with Crippen molar-refractivity contribution in [2.75, 3.05) is 20.2 Å². The second kappa shape index (κ2) is 5.25. The number of nitrogens with one attached hydrogen (secondary N) is 2. The molecule has 16 heavy (non-hydrogen) atoms. The Morgan fingerprint density at radius 3 is 2.88 bits per heavy atom. The minimum Gasteiger partial charge on any atom is -0.506 e. The van der Waals surface area contributed by atoms with Crippen LogP contribution in [0.2, 0.25) is 0 Å². The predicted octanol–water partition coefficient (Wildman–Crippen LogP) is 0.515. The molecule has 1 aliphatic rings. The number of ether oxygens (including phenoxy) is 1. The molecule has 88 valence electrons. The highest BCUT2D eigenvalue weighted by atomic mass is 16.5. The molecule has 1 aliphatic heterocycles. The molecule has 1 aromatic rings. The van der Waals surface area contributed by atoms with E-state index >= 15 is 0 Å². The molecule has 0 atom stereocenters. The number of aromatic hydroxyl groups is 1. The van der Waals surface area contributed by atoms with Crippen LogP contribution in [0.4, 0.5) is 0 Å². The lowest BCUT2D eigenvalue weighted by atomic mass is 10.1. The highest BCUT2D eigenvalue weighted by Gasteiger charge is 2.20. The van der Waals surface area contributed by atoms with Gasteiger partial charge in [0.2, 0.25) is 0 Å². The first kappa shape index (κ1) is 11.3. The van der Waals surface area contributed by atoms with Crippen molar-refractivity contribution in [3.63, 3.8) is 0 Å². The normalized spacial score (nSPS) is 17.6. The number of hydrogen-bond donors (Lipinski definition) is 3. The third-order valence-corrected chi connectivity index (χ3v) is 2.69. The van der Waals surface area contributed by atoms with E-state index in [0.717, 1.165) is 30.6 Å². The lowest BCUT2D eigenvalue weighted by Crippen LogP contribution is -2.41. The second-order valence-corrected chi connectivity index (χ2v) is 3.86. The summed E-state index contributed by atoms with van der Waals surface area (Å²) < 4.78 is 5.11. The Morgan fingerprint density at radius 1 is 1.44 bits per heavy atom.